The fourth-order valence-electron chi connectivity index (χ4n) is 2.40. The largest absolute Gasteiger partial charge is 0.383 e. The lowest BCUT2D eigenvalue weighted by molar-refractivity contribution is 0.169. The highest BCUT2D eigenvalue weighted by Gasteiger charge is 2.26. The molecule has 18 heavy (non-hydrogen) atoms. The SMILES string of the molecule is CCS[C@@H]1CCCC[C@@H]1NC(=O)N[C@H](C)COC. The van der Waals surface area contributed by atoms with Crippen molar-refractivity contribution in [2.24, 2.45) is 0 Å². The second-order valence-corrected chi connectivity index (χ2v) is 6.38. The van der Waals surface area contributed by atoms with Crippen molar-refractivity contribution < 1.29 is 9.53 Å². The van der Waals surface area contributed by atoms with Crippen LogP contribution in [0.5, 0.6) is 0 Å². The summed E-state index contributed by atoms with van der Waals surface area (Å²) in [4.78, 5) is 11.9. The van der Waals surface area contributed by atoms with E-state index in [1.807, 2.05) is 18.7 Å². The maximum Gasteiger partial charge on any atom is 0.315 e. The Balaban J connectivity index is 2.36. The number of carbonyl (C=O) groups excluding carboxylic acids is 1. The Kier molecular flexibility index (Phi) is 7.51. The Morgan fingerprint density at radius 3 is 2.83 bits per heavy atom. The van der Waals surface area contributed by atoms with Crippen LogP contribution in [0.15, 0.2) is 0 Å². The van der Waals surface area contributed by atoms with E-state index in [1.165, 1.54) is 19.3 Å². The van der Waals surface area contributed by atoms with Gasteiger partial charge in [-0.2, -0.15) is 11.8 Å². The minimum Gasteiger partial charge on any atom is -0.383 e. The summed E-state index contributed by atoms with van der Waals surface area (Å²) in [7, 11) is 1.64. The first-order valence-electron chi connectivity index (χ1n) is 6.85. The van der Waals surface area contributed by atoms with Crippen molar-refractivity contribution in [3.8, 4) is 0 Å². The molecule has 0 radical (unpaired) electrons. The minimum atomic E-state index is -0.0619. The number of amides is 2. The zero-order chi connectivity index (χ0) is 13.4. The van der Waals surface area contributed by atoms with E-state index < -0.39 is 0 Å². The second-order valence-electron chi connectivity index (χ2n) is 4.86. The first kappa shape index (κ1) is 15.6. The standard InChI is InChI=1S/C13H26N2O2S/c1-4-18-12-8-6-5-7-11(12)15-13(16)14-10(2)9-17-3/h10-12H,4-9H2,1-3H3,(H2,14,15,16)/t10-,11+,12-/m1/s1. The molecule has 1 aliphatic carbocycles. The van der Waals surface area contributed by atoms with E-state index in [0.717, 1.165) is 12.2 Å². The summed E-state index contributed by atoms with van der Waals surface area (Å²) >= 11 is 1.96. The molecule has 0 spiro atoms. The van der Waals surface area contributed by atoms with Gasteiger partial charge < -0.3 is 15.4 Å². The number of carbonyl (C=O) groups is 1. The van der Waals surface area contributed by atoms with Crippen LogP contribution >= 0.6 is 11.8 Å². The van der Waals surface area contributed by atoms with Gasteiger partial charge in [-0.15, -0.1) is 0 Å². The fourth-order valence-corrected chi connectivity index (χ4v) is 3.60. The smallest absolute Gasteiger partial charge is 0.315 e. The third-order valence-corrected chi connectivity index (χ3v) is 4.52. The van der Waals surface area contributed by atoms with E-state index in [-0.39, 0.29) is 12.1 Å². The van der Waals surface area contributed by atoms with E-state index >= 15 is 0 Å². The third-order valence-electron chi connectivity index (χ3n) is 3.19. The van der Waals surface area contributed by atoms with Crippen LogP contribution in [0.3, 0.4) is 0 Å². The summed E-state index contributed by atoms with van der Waals surface area (Å²) in [5.41, 5.74) is 0. The molecule has 0 saturated heterocycles. The molecular weight excluding hydrogens is 248 g/mol. The van der Waals surface area contributed by atoms with Gasteiger partial charge in [-0.1, -0.05) is 19.8 Å². The molecule has 1 fully saturated rings. The van der Waals surface area contributed by atoms with Gasteiger partial charge in [0.25, 0.3) is 0 Å². The summed E-state index contributed by atoms with van der Waals surface area (Å²) < 4.78 is 5.01. The van der Waals surface area contributed by atoms with Gasteiger partial charge in [-0.25, -0.2) is 4.79 Å². The number of rotatable bonds is 6. The highest BCUT2D eigenvalue weighted by atomic mass is 32.2. The monoisotopic (exact) mass is 274 g/mol. The zero-order valence-corrected chi connectivity index (χ0v) is 12.5. The molecule has 0 heterocycles. The normalized spacial score (nSPS) is 25.5. The van der Waals surface area contributed by atoms with Crippen molar-refractivity contribution >= 4 is 17.8 Å². The van der Waals surface area contributed by atoms with Gasteiger partial charge in [0.05, 0.1) is 12.6 Å². The van der Waals surface area contributed by atoms with Crippen LogP contribution in [0.1, 0.15) is 39.5 Å². The number of hydrogen-bond acceptors (Lipinski definition) is 3. The van der Waals surface area contributed by atoms with Crippen LogP contribution in [-0.2, 0) is 4.74 Å². The summed E-state index contributed by atoms with van der Waals surface area (Å²) in [6.45, 7) is 4.67. The fraction of sp³-hybridized carbons (Fsp3) is 0.923. The Hall–Kier alpha value is -0.420. The molecule has 2 amide bonds. The lowest BCUT2D eigenvalue weighted by Gasteiger charge is -2.32. The first-order valence-corrected chi connectivity index (χ1v) is 7.89. The van der Waals surface area contributed by atoms with Gasteiger partial charge in [-0.3, -0.25) is 0 Å². The minimum absolute atomic E-state index is 0.0517. The van der Waals surface area contributed by atoms with Crippen LogP contribution in [0.4, 0.5) is 4.79 Å². The third kappa shape index (κ3) is 5.48. The van der Waals surface area contributed by atoms with Crippen molar-refractivity contribution in [3.05, 3.63) is 0 Å². The molecule has 2 N–H and O–H groups in total. The average Bonchev–Trinajstić information content (AvgIpc) is 2.32. The van der Waals surface area contributed by atoms with Crippen LogP contribution in [0.2, 0.25) is 0 Å². The van der Waals surface area contributed by atoms with E-state index in [0.29, 0.717) is 17.9 Å². The highest BCUT2D eigenvalue weighted by molar-refractivity contribution is 7.99. The van der Waals surface area contributed by atoms with Crippen LogP contribution in [-0.4, -0.2) is 42.8 Å². The topological polar surface area (TPSA) is 50.4 Å². The number of nitrogens with one attached hydrogen (secondary N) is 2. The molecule has 5 heteroatoms. The van der Waals surface area contributed by atoms with Crippen LogP contribution in [0.25, 0.3) is 0 Å². The quantitative estimate of drug-likeness (QED) is 0.782. The van der Waals surface area contributed by atoms with Gasteiger partial charge in [0.1, 0.15) is 0 Å². The molecule has 1 saturated carbocycles. The molecule has 0 aliphatic heterocycles. The predicted molar refractivity (Wildman–Crippen MR) is 77.2 cm³/mol. The molecule has 3 atom stereocenters. The molecular formula is C13H26N2O2S. The maximum atomic E-state index is 11.9. The number of thioether (sulfide) groups is 1. The maximum absolute atomic E-state index is 11.9. The van der Waals surface area contributed by atoms with E-state index in [4.69, 9.17) is 4.74 Å². The zero-order valence-electron chi connectivity index (χ0n) is 11.7. The summed E-state index contributed by atoms with van der Waals surface area (Å²) in [6.07, 6.45) is 4.83. The van der Waals surface area contributed by atoms with E-state index in [2.05, 4.69) is 17.6 Å². The van der Waals surface area contributed by atoms with Gasteiger partial charge in [-0.05, 0) is 25.5 Å². The van der Waals surface area contributed by atoms with Crippen molar-refractivity contribution in [2.75, 3.05) is 19.5 Å². The van der Waals surface area contributed by atoms with Crippen molar-refractivity contribution in [3.63, 3.8) is 0 Å². The lowest BCUT2D eigenvalue weighted by Crippen LogP contribution is -2.50. The van der Waals surface area contributed by atoms with Crippen molar-refractivity contribution in [1.82, 2.24) is 10.6 Å². The molecule has 1 rings (SSSR count). The molecule has 0 aromatic rings. The van der Waals surface area contributed by atoms with Crippen molar-refractivity contribution in [2.45, 2.75) is 56.9 Å². The lowest BCUT2D eigenvalue weighted by atomic mass is 9.95. The summed E-state index contributed by atoms with van der Waals surface area (Å²) in [5.74, 6) is 1.12. The van der Waals surface area contributed by atoms with Gasteiger partial charge >= 0.3 is 6.03 Å². The molecule has 4 nitrogen and oxygen atoms in total. The Morgan fingerprint density at radius 2 is 2.17 bits per heavy atom. The van der Waals surface area contributed by atoms with Crippen LogP contribution < -0.4 is 10.6 Å². The van der Waals surface area contributed by atoms with Crippen molar-refractivity contribution in [1.29, 1.82) is 0 Å². The molecule has 106 valence electrons. The molecule has 0 aromatic heterocycles. The molecule has 0 unspecified atom stereocenters. The van der Waals surface area contributed by atoms with E-state index in [9.17, 15) is 4.79 Å². The van der Waals surface area contributed by atoms with Crippen LogP contribution in [0, 0.1) is 0 Å². The number of urea groups is 1. The average molecular weight is 274 g/mol. The number of methoxy groups -OCH3 is 1. The van der Waals surface area contributed by atoms with Gasteiger partial charge in [0.2, 0.25) is 0 Å². The predicted octanol–water partition coefficient (Wildman–Crippen LogP) is 2.38. The summed E-state index contributed by atoms with van der Waals surface area (Å²) in [5, 5.41) is 6.60. The number of hydrogen-bond donors (Lipinski definition) is 2. The van der Waals surface area contributed by atoms with Gasteiger partial charge in [0, 0.05) is 18.4 Å². The molecule has 1 aliphatic rings. The number of ether oxygens (including phenoxy) is 1. The summed E-state index contributed by atoms with van der Waals surface area (Å²) in [6, 6.07) is 0.308. The Bertz CT molecular complexity index is 249. The van der Waals surface area contributed by atoms with E-state index in [1.54, 1.807) is 7.11 Å². The molecule has 0 bridgehead atoms. The molecule has 0 aromatic carbocycles. The Morgan fingerprint density at radius 1 is 1.44 bits per heavy atom. The first-order chi connectivity index (χ1) is 8.67. The highest BCUT2D eigenvalue weighted by Crippen LogP contribution is 2.28. The van der Waals surface area contributed by atoms with Gasteiger partial charge in [0.15, 0.2) is 0 Å². The second kappa shape index (κ2) is 8.64. The Labute approximate surface area is 115 Å².